The number of benzene rings is 1. The fourth-order valence-electron chi connectivity index (χ4n) is 4.68. The second-order valence-electron chi connectivity index (χ2n) is 8.23. The lowest BCUT2D eigenvalue weighted by Gasteiger charge is -2.37. The monoisotopic (exact) mass is 440 g/mol. The molecule has 2 aromatic rings. The van der Waals surface area contributed by atoms with Gasteiger partial charge in [0.15, 0.2) is 5.96 Å². The Hall–Kier alpha value is -2.38. The third kappa shape index (κ3) is 5.10. The summed E-state index contributed by atoms with van der Waals surface area (Å²) in [6.07, 6.45) is 2.73. The third-order valence-corrected chi connectivity index (χ3v) is 7.48. The number of carbonyl (C=O) groups is 1. The van der Waals surface area contributed by atoms with Gasteiger partial charge in [-0.2, -0.15) is 0 Å². The van der Waals surface area contributed by atoms with Crippen LogP contribution >= 0.6 is 11.3 Å². The molecule has 31 heavy (non-hydrogen) atoms. The summed E-state index contributed by atoms with van der Waals surface area (Å²) < 4.78 is 4.92. The van der Waals surface area contributed by atoms with Crippen molar-refractivity contribution in [2.24, 2.45) is 10.9 Å². The topological polar surface area (TPSA) is 57.2 Å². The van der Waals surface area contributed by atoms with Crippen molar-refractivity contribution in [3.63, 3.8) is 0 Å². The van der Waals surface area contributed by atoms with Crippen molar-refractivity contribution < 1.29 is 9.53 Å². The van der Waals surface area contributed by atoms with Crippen LogP contribution in [0.2, 0.25) is 0 Å². The molecule has 4 rings (SSSR count). The van der Waals surface area contributed by atoms with Gasteiger partial charge in [0.1, 0.15) is 0 Å². The summed E-state index contributed by atoms with van der Waals surface area (Å²) in [5, 5.41) is 5.84. The highest BCUT2D eigenvalue weighted by molar-refractivity contribution is 7.10. The molecule has 2 aliphatic heterocycles. The highest BCUT2D eigenvalue weighted by Crippen LogP contribution is 2.30. The summed E-state index contributed by atoms with van der Waals surface area (Å²) >= 11 is 1.88. The molecule has 1 aromatic carbocycles. The van der Waals surface area contributed by atoms with Gasteiger partial charge in [-0.15, -0.1) is 11.3 Å². The van der Waals surface area contributed by atoms with Crippen molar-refractivity contribution in [2.75, 3.05) is 40.3 Å². The van der Waals surface area contributed by atoms with Crippen molar-refractivity contribution in [1.29, 1.82) is 0 Å². The Morgan fingerprint density at radius 2 is 2.00 bits per heavy atom. The fourth-order valence-corrected chi connectivity index (χ4v) is 5.57. The molecule has 2 aliphatic rings. The maximum absolute atomic E-state index is 11.8. The minimum Gasteiger partial charge on any atom is -0.469 e. The molecule has 1 saturated heterocycles. The van der Waals surface area contributed by atoms with Crippen molar-refractivity contribution in [2.45, 2.75) is 31.8 Å². The molecule has 7 heteroatoms. The van der Waals surface area contributed by atoms with Crippen LogP contribution in [-0.2, 0) is 22.5 Å². The summed E-state index contributed by atoms with van der Waals surface area (Å²) in [7, 11) is 3.31. The van der Waals surface area contributed by atoms with Crippen molar-refractivity contribution in [3.8, 4) is 0 Å². The van der Waals surface area contributed by atoms with Gasteiger partial charge in [0.2, 0.25) is 0 Å². The van der Waals surface area contributed by atoms with E-state index in [9.17, 15) is 4.79 Å². The minimum absolute atomic E-state index is 0.00424. The first-order valence-corrected chi connectivity index (χ1v) is 11.9. The molecule has 6 nitrogen and oxygen atoms in total. The van der Waals surface area contributed by atoms with E-state index in [-0.39, 0.29) is 17.9 Å². The molecule has 166 valence electrons. The zero-order valence-electron chi connectivity index (χ0n) is 18.4. The quantitative estimate of drug-likeness (QED) is 0.439. The van der Waals surface area contributed by atoms with Gasteiger partial charge in [0, 0.05) is 44.6 Å². The fraction of sp³-hybridized carbons (Fsp3) is 0.500. The Labute approximate surface area is 188 Å². The number of ether oxygens (including phenoxy) is 1. The number of nitrogens with one attached hydrogen (secondary N) is 1. The van der Waals surface area contributed by atoms with Crippen LogP contribution in [0.3, 0.4) is 0 Å². The number of likely N-dealkylation sites (tertiary alicyclic amines) is 1. The van der Waals surface area contributed by atoms with Gasteiger partial charge >= 0.3 is 5.97 Å². The molecule has 1 N–H and O–H groups in total. The summed E-state index contributed by atoms with van der Waals surface area (Å²) in [5.41, 5.74) is 2.79. The predicted molar refractivity (Wildman–Crippen MR) is 125 cm³/mol. The van der Waals surface area contributed by atoms with E-state index in [2.05, 4.69) is 61.9 Å². The van der Waals surface area contributed by atoms with E-state index in [0.717, 1.165) is 57.9 Å². The summed E-state index contributed by atoms with van der Waals surface area (Å²) in [4.78, 5) is 22.7. The molecule has 0 saturated carbocycles. The first-order chi connectivity index (χ1) is 15.2. The van der Waals surface area contributed by atoms with Crippen LogP contribution in [0.25, 0.3) is 0 Å². The minimum atomic E-state index is -0.0929. The van der Waals surface area contributed by atoms with Crippen molar-refractivity contribution >= 4 is 23.3 Å². The lowest BCUT2D eigenvalue weighted by atomic mass is 9.97. The van der Waals surface area contributed by atoms with Gasteiger partial charge in [-0.25, -0.2) is 0 Å². The number of methoxy groups -OCH3 is 1. The van der Waals surface area contributed by atoms with Gasteiger partial charge in [0.05, 0.1) is 19.1 Å². The average Bonchev–Trinajstić information content (AvgIpc) is 3.30. The molecule has 0 amide bonds. The zero-order valence-corrected chi connectivity index (χ0v) is 19.2. The molecule has 1 atom stereocenters. The number of hydrogen-bond acceptors (Lipinski definition) is 5. The second-order valence-corrected chi connectivity index (χ2v) is 9.23. The highest BCUT2D eigenvalue weighted by Gasteiger charge is 2.29. The van der Waals surface area contributed by atoms with Crippen LogP contribution < -0.4 is 5.32 Å². The van der Waals surface area contributed by atoms with Crippen LogP contribution in [0.5, 0.6) is 0 Å². The summed E-state index contributed by atoms with van der Waals surface area (Å²) in [6.45, 7) is 4.49. The predicted octanol–water partition coefficient (Wildman–Crippen LogP) is 3.31. The first kappa shape index (κ1) is 21.8. The van der Waals surface area contributed by atoms with E-state index in [1.54, 1.807) is 0 Å². The normalized spacial score (nSPS) is 19.0. The summed E-state index contributed by atoms with van der Waals surface area (Å²) in [5.74, 6) is 0.826. The molecule has 0 radical (unpaired) electrons. The number of fused-ring (bicyclic) bond motifs is 1. The van der Waals surface area contributed by atoms with E-state index < -0.39 is 0 Å². The molecule has 0 bridgehead atoms. The second kappa shape index (κ2) is 10.3. The number of nitrogens with zero attached hydrogens (tertiary/aromatic N) is 3. The van der Waals surface area contributed by atoms with Crippen LogP contribution in [0.15, 0.2) is 46.8 Å². The maximum atomic E-state index is 11.8. The van der Waals surface area contributed by atoms with Gasteiger partial charge in [-0.05, 0) is 41.8 Å². The smallest absolute Gasteiger partial charge is 0.308 e. The Morgan fingerprint density at radius 3 is 2.71 bits per heavy atom. The molecule has 1 aromatic heterocycles. The van der Waals surface area contributed by atoms with E-state index >= 15 is 0 Å². The molecule has 1 fully saturated rings. The average molecular weight is 441 g/mol. The largest absolute Gasteiger partial charge is 0.469 e. The maximum Gasteiger partial charge on any atom is 0.308 e. The lowest BCUT2D eigenvalue weighted by Crippen LogP contribution is -2.49. The number of guanidine groups is 1. The number of rotatable bonds is 5. The third-order valence-electron chi connectivity index (χ3n) is 6.46. The van der Waals surface area contributed by atoms with Gasteiger partial charge in [-0.1, -0.05) is 30.3 Å². The number of carbonyl (C=O) groups excluding carboxylic acids is 1. The summed E-state index contributed by atoms with van der Waals surface area (Å²) in [6, 6.07) is 13.3. The van der Waals surface area contributed by atoms with Gasteiger partial charge in [0.25, 0.3) is 0 Å². The first-order valence-electron chi connectivity index (χ1n) is 11.1. The van der Waals surface area contributed by atoms with Crippen LogP contribution in [0.4, 0.5) is 0 Å². The molecule has 3 heterocycles. The molecule has 0 spiro atoms. The van der Waals surface area contributed by atoms with Crippen LogP contribution in [-0.4, -0.2) is 62.1 Å². The molecule has 1 unspecified atom stereocenters. The Kier molecular flexibility index (Phi) is 7.25. The number of aliphatic imine (C=N–C) groups is 1. The zero-order chi connectivity index (χ0) is 21.6. The number of esters is 1. The van der Waals surface area contributed by atoms with E-state index in [1.165, 1.54) is 23.1 Å². The van der Waals surface area contributed by atoms with Crippen molar-refractivity contribution in [3.05, 3.63) is 57.8 Å². The molecular formula is C24H32N4O2S. The number of hydrogen-bond donors (Lipinski definition) is 1. The van der Waals surface area contributed by atoms with Crippen LogP contribution in [0, 0.1) is 5.92 Å². The number of piperidine rings is 1. The Morgan fingerprint density at radius 1 is 1.23 bits per heavy atom. The van der Waals surface area contributed by atoms with E-state index in [4.69, 9.17) is 4.74 Å². The van der Waals surface area contributed by atoms with E-state index in [0.29, 0.717) is 0 Å². The number of thiophene rings is 1. The Bertz CT molecular complexity index is 890. The van der Waals surface area contributed by atoms with Crippen LogP contribution in [0.1, 0.15) is 34.9 Å². The van der Waals surface area contributed by atoms with Gasteiger partial charge < -0.3 is 15.0 Å². The van der Waals surface area contributed by atoms with Gasteiger partial charge in [-0.3, -0.25) is 14.7 Å². The Balaban J connectivity index is 1.42. The standard InChI is InChI=1S/C24H32N4O2S/c1-25-24(27-12-8-19(9-13-27)23(29)30-2)26-16-21(18-6-4-3-5-7-18)28-14-10-22-20(17-28)11-15-31-22/h3-7,11,15,19,21H,8-10,12-14,16-17H2,1-2H3,(H,25,26). The molecular weight excluding hydrogens is 408 g/mol. The molecule has 0 aliphatic carbocycles. The SMILES string of the molecule is CN=C(NCC(c1ccccc1)N1CCc2sccc2C1)N1CCC(C(=O)OC)CC1. The van der Waals surface area contributed by atoms with Crippen molar-refractivity contribution in [1.82, 2.24) is 15.1 Å². The lowest BCUT2D eigenvalue weighted by molar-refractivity contribution is -0.146. The van der Waals surface area contributed by atoms with E-state index in [1.807, 2.05) is 18.4 Å². The highest BCUT2D eigenvalue weighted by atomic mass is 32.1.